The van der Waals surface area contributed by atoms with E-state index in [1.807, 2.05) is 53.4 Å². The second kappa shape index (κ2) is 11.0. The van der Waals surface area contributed by atoms with Gasteiger partial charge >= 0.3 is 0 Å². The number of hydrogen-bond donors (Lipinski definition) is 0. The molecule has 4 rings (SSSR count). The largest absolute Gasteiger partial charge is 0.496 e. The second-order valence-electron chi connectivity index (χ2n) is 8.33. The summed E-state index contributed by atoms with van der Waals surface area (Å²) in [5.41, 5.74) is 3.10. The van der Waals surface area contributed by atoms with E-state index in [1.165, 1.54) is 0 Å². The van der Waals surface area contributed by atoms with Crippen molar-refractivity contribution in [3.63, 3.8) is 0 Å². The van der Waals surface area contributed by atoms with Gasteiger partial charge in [0.15, 0.2) is 23.0 Å². The Labute approximate surface area is 206 Å². The first kappa shape index (κ1) is 24.3. The van der Waals surface area contributed by atoms with Crippen molar-refractivity contribution in [2.75, 3.05) is 34.7 Å². The van der Waals surface area contributed by atoms with Crippen molar-refractivity contribution in [2.45, 2.75) is 25.8 Å². The number of rotatable bonds is 10. The summed E-state index contributed by atoms with van der Waals surface area (Å²) in [6.45, 7) is 2.84. The molecule has 0 radical (unpaired) electrons. The molecule has 0 aromatic heterocycles. The van der Waals surface area contributed by atoms with Gasteiger partial charge in [0.1, 0.15) is 5.75 Å². The average Bonchev–Trinajstić information content (AvgIpc) is 3.36. The summed E-state index contributed by atoms with van der Waals surface area (Å²) < 4.78 is 27.6. The number of carbonyl (C=O) groups excluding carboxylic acids is 1. The maximum absolute atomic E-state index is 12.6. The van der Waals surface area contributed by atoms with Gasteiger partial charge in [-0.15, -0.1) is 0 Å². The first-order valence-electron chi connectivity index (χ1n) is 11.5. The normalized spacial score (nSPS) is 12.7. The van der Waals surface area contributed by atoms with Gasteiger partial charge in [-0.25, -0.2) is 0 Å². The number of benzene rings is 3. The minimum Gasteiger partial charge on any atom is -0.496 e. The minimum absolute atomic E-state index is 0.00393. The van der Waals surface area contributed by atoms with E-state index in [-0.39, 0.29) is 18.6 Å². The lowest BCUT2D eigenvalue weighted by atomic mass is 9.87. The third-order valence-electron chi connectivity index (χ3n) is 6.27. The molecule has 1 amide bonds. The van der Waals surface area contributed by atoms with E-state index in [1.54, 1.807) is 28.3 Å². The lowest BCUT2D eigenvalue weighted by molar-refractivity contribution is -0.129. The van der Waals surface area contributed by atoms with Crippen molar-refractivity contribution in [1.29, 1.82) is 0 Å². The van der Waals surface area contributed by atoms with E-state index in [4.69, 9.17) is 23.7 Å². The Bertz CT molecular complexity index is 1180. The molecule has 7 nitrogen and oxygen atoms in total. The van der Waals surface area contributed by atoms with Gasteiger partial charge in [0.2, 0.25) is 12.7 Å². The Morgan fingerprint density at radius 3 is 2.37 bits per heavy atom. The van der Waals surface area contributed by atoms with Crippen LogP contribution in [0.2, 0.25) is 0 Å². The van der Waals surface area contributed by atoms with Crippen molar-refractivity contribution in [3.05, 3.63) is 77.4 Å². The van der Waals surface area contributed by atoms with Crippen LogP contribution in [0.15, 0.2) is 60.7 Å². The lowest BCUT2D eigenvalue weighted by Crippen LogP contribution is -2.30. The van der Waals surface area contributed by atoms with Gasteiger partial charge in [-0.3, -0.25) is 4.79 Å². The van der Waals surface area contributed by atoms with E-state index in [2.05, 4.69) is 12.1 Å². The molecule has 35 heavy (non-hydrogen) atoms. The molecule has 0 N–H and O–H groups in total. The highest BCUT2D eigenvalue weighted by Crippen LogP contribution is 2.40. The van der Waals surface area contributed by atoms with Crippen LogP contribution in [0.5, 0.6) is 28.7 Å². The molecular weight excluding hydrogens is 446 g/mol. The van der Waals surface area contributed by atoms with Crippen molar-refractivity contribution >= 4 is 5.91 Å². The fourth-order valence-electron chi connectivity index (χ4n) is 4.42. The Morgan fingerprint density at radius 2 is 1.63 bits per heavy atom. The third-order valence-corrected chi connectivity index (χ3v) is 6.27. The Morgan fingerprint density at radius 1 is 0.886 bits per heavy atom. The van der Waals surface area contributed by atoms with Crippen LogP contribution in [0.25, 0.3) is 0 Å². The third kappa shape index (κ3) is 5.45. The fourth-order valence-corrected chi connectivity index (χ4v) is 4.42. The summed E-state index contributed by atoms with van der Waals surface area (Å²) in [7, 11) is 4.88. The molecule has 1 aliphatic heterocycles. The molecule has 0 unspecified atom stereocenters. The SMILES string of the molecule is COc1ccc(CN(CC[C@H](c2ccc3c(c2)OCO3)c2ccccc2OC)C(C)=O)cc1OC. The molecule has 0 saturated heterocycles. The highest BCUT2D eigenvalue weighted by atomic mass is 16.7. The molecular formula is C28H31NO6. The van der Waals surface area contributed by atoms with Crippen molar-refractivity contribution in [3.8, 4) is 28.7 Å². The molecule has 1 atom stereocenters. The smallest absolute Gasteiger partial charge is 0.231 e. The molecule has 184 valence electrons. The van der Waals surface area contributed by atoms with Crippen molar-refractivity contribution < 1.29 is 28.5 Å². The zero-order valence-electron chi connectivity index (χ0n) is 20.6. The molecule has 0 fully saturated rings. The number of para-hydroxylation sites is 1. The van der Waals surface area contributed by atoms with Crippen LogP contribution in [-0.2, 0) is 11.3 Å². The van der Waals surface area contributed by atoms with Crippen LogP contribution in [0.4, 0.5) is 0 Å². The molecule has 1 aliphatic rings. The van der Waals surface area contributed by atoms with Gasteiger partial charge in [0.05, 0.1) is 21.3 Å². The number of hydrogen-bond acceptors (Lipinski definition) is 6. The maximum Gasteiger partial charge on any atom is 0.231 e. The summed E-state index contributed by atoms with van der Waals surface area (Å²) in [6, 6.07) is 19.7. The van der Waals surface area contributed by atoms with Crippen molar-refractivity contribution in [2.24, 2.45) is 0 Å². The molecule has 7 heteroatoms. The van der Waals surface area contributed by atoms with Crippen LogP contribution >= 0.6 is 0 Å². The van der Waals surface area contributed by atoms with Gasteiger partial charge in [-0.1, -0.05) is 30.3 Å². The topological polar surface area (TPSA) is 66.5 Å². The fraction of sp³-hybridized carbons (Fsp3) is 0.321. The quantitative estimate of drug-likeness (QED) is 0.409. The van der Waals surface area contributed by atoms with Gasteiger partial charge in [-0.05, 0) is 47.9 Å². The number of carbonyl (C=O) groups is 1. The summed E-state index contributed by atoms with van der Waals surface area (Å²) >= 11 is 0. The predicted octanol–water partition coefficient (Wildman–Crippen LogP) is 5.01. The molecule has 3 aromatic carbocycles. The number of nitrogens with zero attached hydrogens (tertiary/aromatic N) is 1. The van der Waals surface area contributed by atoms with Crippen LogP contribution < -0.4 is 23.7 Å². The van der Waals surface area contributed by atoms with E-state index in [0.29, 0.717) is 31.0 Å². The summed E-state index contributed by atoms with van der Waals surface area (Å²) in [4.78, 5) is 14.4. The summed E-state index contributed by atoms with van der Waals surface area (Å²) in [6.07, 6.45) is 0.701. The average molecular weight is 478 g/mol. The minimum atomic E-state index is -0.00657. The zero-order chi connectivity index (χ0) is 24.8. The van der Waals surface area contributed by atoms with E-state index in [0.717, 1.165) is 33.9 Å². The Balaban J connectivity index is 1.60. The standard InChI is InChI=1S/C28H31NO6/c1-19(30)29(17-20-9-11-25(32-3)27(15-20)33-4)14-13-22(23-7-5-6-8-24(23)31-2)21-10-12-26-28(16-21)35-18-34-26/h5-12,15-16,22H,13-14,17-18H2,1-4H3/t22-/m1/s1. The first-order chi connectivity index (χ1) is 17.0. The van der Waals surface area contributed by atoms with Gasteiger partial charge in [-0.2, -0.15) is 0 Å². The predicted molar refractivity (Wildman–Crippen MR) is 133 cm³/mol. The Kier molecular flexibility index (Phi) is 7.65. The Hall–Kier alpha value is -3.87. The zero-order valence-corrected chi connectivity index (χ0v) is 20.6. The van der Waals surface area contributed by atoms with Crippen molar-refractivity contribution in [1.82, 2.24) is 4.90 Å². The molecule has 3 aromatic rings. The maximum atomic E-state index is 12.6. The molecule has 0 aliphatic carbocycles. The van der Waals surface area contributed by atoms with Crippen LogP contribution in [0, 0.1) is 0 Å². The summed E-state index contributed by atoms with van der Waals surface area (Å²) in [5, 5.41) is 0. The van der Waals surface area contributed by atoms with E-state index < -0.39 is 0 Å². The van der Waals surface area contributed by atoms with Gasteiger partial charge < -0.3 is 28.6 Å². The van der Waals surface area contributed by atoms with Gasteiger partial charge in [0, 0.05) is 31.5 Å². The van der Waals surface area contributed by atoms with Crippen LogP contribution in [0.1, 0.15) is 36.0 Å². The van der Waals surface area contributed by atoms with E-state index >= 15 is 0 Å². The van der Waals surface area contributed by atoms with Gasteiger partial charge in [0.25, 0.3) is 0 Å². The highest BCUT2D eigenvalue weighted by molar-refractivity contribution is 5.73. The number of methoxy groups -OCH3 is 3. The van der Waals surface area contributed by atoms with Crippen LogP contribution in [-0.4, -0.2) is 45.5 Å². The van der Waals surface area contributed by atoms with Crippen LogP contribution in [0.3, 0.4) is 0 Å². The number of amides is 1. The highest BCUT2D eigenvalue weighted by Gasteiger charge is 2.23. The molecule has 0 saturated carbocycles. The number of ether oxygens (including phenoxy) is 5. The number of fused-ring (bicyclic) bond motifs is 1. The monoisotopic (exact) mass is 477 g/mol. The molecule has 1 heterocycles. The second-order valence-corrected chi connectivity index (χ2v) is 8.33. The molecule has 0 spiro atoms. The summed E-state index contributed by atoms with van der Waals surface area (Å²) in [5.74, 6) is 3.58. The molecule has 0 bridgehead atoms. The van der Waals surface area contributed by atoms with E-state index in [9.17, 15) is 4.79 Å². The first-order valence-corrected chi connectivity index (χ1v) is 11.5. The lowest BCUT2D eigenvalue weighted by Gasteiger charge is -2.26.